The van der Waals surface area contributed by atoms with Gasteiger partial charge in [-0.2, -0.15) is 5.26 Å². The molecule has 7 rings (SSSR count). The van der Waals surface area contributed by atoms with Crippen LogP contribution in [0.1, 0.15) is 42.3 Å². The number of aromatic nitrogens is 2. The first kappa shape index (κ1) is 22.6. The molecule has 1 aliphatic carbocycles. The summed E-state index contributed by atoms with van der Waals surface area (Å²) in [5.74, 6) is 0.0380. The van der Waals surface area contributed by atoms with Crippen molar-refractivity contribution in [2.45, 2.75) is 45.2 Å². The maximum Gasteiger partial charge on any atom is 0.157 e. The molecule has 0 amide bonds. The largest absolute Gasteiger partial charge is 0.389 e. The molecule has 2 aromatic heterocycles. The van der Waals surface area contributed by atoms with E-state index in [0.29, 0.717) is 50.4 Å². The van der Waals surface area contributed by atoms with Gasteiger partial charge >= 0.3 is 0 Å². The quantitative estimate of drug-likeness (QED) is 0.370. The Morgan fingerprint density at radius 1 is 1.11 bits per heavy atom. The lowest BCUT2D eigenvalue weighted by atomic mass is 9.89. The third-order valence-electron chi connectivity index (χ3n) is 7.88. The fourth-order valence-electron chi connectivity index (χ4n) is 6.42. The fraction of sp³-hybridized carbons (Fsp3) is 0.321. The second kappa shape index (κ2) is 7.94. The van der Waals surface area contributed by atoms with Crippen LogP contribution in [0.25, 0.3) is 38.2 Å². The molecule has 2 bridgehead atoms. The van der Waals surface area contributed by atoms with Gasteiger partial charge in [-0.25, -0.2) is 18.7 Å². The summed E-state index contributed by atoms with van der Waals surface area (Å²) in [6, 6.07) is 5.81. The molecular formula is C28H24F2N6S. The van der Waals surface area contributed by atoms with E-state index < -0.39 is 11.6 Å². The number of nitrogens with one attached hydrogen (secondary N) is 1. The first-order valence-electron chi connectivity index (χ1n) is 12.5. The number of anilines is 2. The summed E-state index contributed by atoms with van der Waals surface area (Å²) in [5, 5.41) is 14.8. The van der Waals surface area contributed by atoms with Gasteiger partial charge < -0.3 is 16.0 Å². The Hall–Kier alpha value is -3.61. The van der Waals surface area contributed by atoms with Gasteiger partial charge in [0.15, 0.2) is 5.82 Å². The highest BCUT2D eigenvalue weighted by Gasteiger charge is 2.36. The minimum Gasteiger partial charge on any atom is -0.389 e. The van der Waals surface area contributed by atoms with Crippen molar-refractivity contribution < 1.29 is 8.78 Å². The van der Waals surface area contributed by atoms with E-state index in [1.165, 1.54) is 17.4 Å². The first-order chi connectivity index (χ1) is 17.8. The second-order valence-electron chi connectivity index (χ2n) is 10.4. The van der Waals surface area contributed by atoms with E-state index in [2.05, 4.69) is 21.3 Å². The van der Waals surface area contributed by atoms with Crippen molar-refractivity contribution in [3.63, 3.8) is 0 Å². The van der Waals surface area contributed by atoms with E-state index in [0.717, 1.165) is 42.9 Å². The smallest absolute Gasteiger partial charge is 0.157 e. The van der Waals surface area contributed by atoms with Crippen LogP contribution in [0.2, 0.25) is 0 Å². The molecule has 6 nitrogen and oxygen atoms in total. The number of thiophene rings is 1. The van der Waals surface area contributed by atoms with Crippen molar-refractivity contribution >= 4 is 49.2 Å². The van der Waals surface area contributed by atoms with Gasteiger partial charge in [0.05, 0.1) is 10.9 Å². The topological polar surface area (TPSA) is 90.9 Å². The maximum absolute atomic E-state index is 16.8. The minimum atomic E-state index is -0.587. The van der Waals surface area contributed by atoms with E-state index in [4.69, 9.17) is 10.7 Å². The number of fused-ring (bicyclic) bond motifs is 6. The van der Waals surface area contributed by atoms with E-state index in [1.807, 2.05) is 13.0 Å². The molecule has 2 unspecified atom stereocenters. The van der Waals surface area contributed by atoms with E-state index in [-0.39, 0.29) is 22.2 Å². The predicted molar refractivity (Wildman–Crippen MR) is 144 cm³/mol. The third kappa shape index (κ3) is 3.22. The van der Waals surface area contributed by atoms with Crippen LogP contribution in [-0.2, 0) is 6.42 Å². The molecule has 4 heterocycles. The average Bonchev–Trinajstić information content (AvgIpc) is 3.52. The lowest BCUT2D eigenvalue weighted by molar-refractivity contribution is 0.464. The van der Waals surface area contributed by atoms with Crippen LogP contribution in [0, 0.1) is 29.9 Å². The van der Waals surface area contributed by atoms with Crippen molar-refractivity contribution in [3.8, 4) is 17.2 Å². The molecule has 0 spiro atoms. The monoisotopic (exact) mass is 514 g/mol. The molecule has 186 valence electrons. The van der Waals surface area contributed by atoms with Gasteiger partial charge in [0, 0.05) is 46.4 Å². The molecule has 2 fully saturated rings. The zero-order chi connectivity index (χ0) is 25.6. The molecule has 0 radical (unpaired) electrons. The highest BCUT2D eigenvalue weighted by atomic mass is 32.1. The van der Waals surface area contributed by atoms with Crippen LogP contribution in [0.3, 0.4) is 0 Å². The summed E-state index contributed by atoms with van der Waals surface area (Å²) in [4.78, 5) is 11.6. The van der Waals surface area contributed by atoms with Gasteiger partial charge in [-0.3, -0.25) is 0 Å². The zero-order valence-electron chi connectivity index (χ0n) is 20.5. The van der Waals surface area contributed by atoms with E-state index in [9.17, 15) is 5.26 Å². The summed E-state index contributed by atoms with van der Waals surface area (Å²) in [6.07, 6.45) is 4.76. The Labute approximate surface area is 216 Å². The van der Waals surface area contributed by atoms with Crippen LogP contribution in [0.4, 0.5) is 19.6 Å². The fourth-order valence-corrected chi connectivity index (χ4v) is 7.35. The van der Waals surface area contributed by atoms with Crippen LogP contribution in [0.15, 0.2) is 17.7 Å². The highest BCUT2D eigenvalue weighted by molar-refractivity contribution is 7.23. The van der Waals surface area contributed by atoms with Crippen molar-refractivity contribution in [1.82, 2.24) is 15.3 Å². The lowest BCUT2D eigenvalue weighted by Crippen LogP contribution is -2.51. The van der Waals surface area contributed by atoms with Crippen molar-refractivity contribution in [2.75, 3.05) is 23.7 Å². The number of piperazine rings is 1. The van der Waals surface area contributed by atoms with Gasteiger partial charge in [0.25, 0.3) is 0 Å². The predicted octanol–water partition coefficient (Wildman–Crippen LogP) is 5.45. The Balaban J connectivity index is 1.58. The molecule has 3 aliphatic rings. The summed E-state index contributed by atoms with van der Waals surface area (Å²) in [7, 11) is 0. The van der Waals surface area contributed by atoms with Crippen LogP contribution >= 0.6 is 11.3 Å². The number of nitrogen functional groups attached to an aromatic ring is 1. The first-order valence-corrected chi connectivity index (χ1v) is 13.3. The SMILES string of the molecule is CC1=Cc2c(c(-c3c(F)ccc4sc(N)c(C#N)c34)c(F)c3nc(C)nc(N4CC5CCC(C4)N5)c23)C1. The number of rotatable bonds is 2. The molecule has 3 N–H and O–H groups in total. The summed E-state index contributed by atoms with van der Waals surface area (Å²) in [6.45, 7) is 5.36. The van der Waals surface area contributed by atoms with Crippen LogP contribution in [-0.4, -0.2) is 35.1 Å². The number of nitrogens with two attached hydrogens (primary N) is 1. The molecule has 0 saturated carbocycles. The molecule has 2 aromatic carbocycles. The maximum atomic E-state index is 16.8. The molecule has 2 atom stereocenters. The molecule has 2 saturated heterocycles. The molecule has 4 aromatic rings. The van der Waals surface area contributed by atoms with E-state index in [1.54, 1.807) is 13.0 Å². The Kier molecular flexibility index (Phi) is 4.85. The van der Waals surface area contributed by atoms with E-state index >= 15 is 8.78 Å². The number of hydrogen-bond donors (Lipinski definition) is 2. The van der Waals surface area contributed by atoms with Gasteiger partial charge in [0.2, 0.25) is 0 Å². The second-order valence-corrected chi connectivity index (χ2v) is 11.4. The number of hydrogen-bond acceptors (Lipinski definition) is 7. The number of nitrogens with zero attached hydrogens (tertiary/aromatic N) is 4. The van der Waals surface area contributed by atoms with Crippen molar-refractivity contribution in [2.24, 2.45) is 0 Å². The molecule has 37 heavy (non-hydrogen) atoms. The van der Waals surface area contributed by atoms with Gasteiger partial charge in [-0.15, -0.1) is 11.3 Å². The van der Waals surface area contributed by atoms with Crippen molar-refractivity contribution in [3.05, 3.63) is 51.9 Å². The number of nitriles is 1. The normalized spacial score (nSPS) is 20.5. The van der Waals surface area contributed by atoms with Crippen molar-refractivity contribution in [1.29, 1.82) is 5.26 Å². The molecule has 9 heteroatoms. The Morgan fingerprint density at radius 2 is 1.86 bits per heavy atom. The zero-order valence-corrected chi connectivity index (χ0v) is 21.3. The average molecular weight is 515 g/mol. The Morgan fingerprint density at radius 3 is 2.59 bits per heavy atom. The molecular weight excluding hydrogens is 490 g/mol. The minimum absolute atomic E-state index is 0.0822. The lowest BCUT2D eigenvalue weighted by Gasteiger charge is -2.34. The number of benzene rings is 2. The summed E-state index contributed by atoms with van der Waals surface area (Å²) in [5.41, 5.74) is 9.32. The van der Waals surface area contributed by atoms with Gasteiger partial charge in [0.1, 0.15) is 34.0 Å². The van der Waals surface area contributed by atoms with Crippen LogP contribution < -0.4 is 16.0 Å². The number of halogens is 2. The third-order valence-corrected chi connectivity index (χ3v) is 8.87. The van der Waals surface area contributed by atoms with Crippen LogP contribution in [0.5, 0.6) is 0 Å². The van der Waals surface area contributed by atoms with Gasteiger partial charge in [-0.05, 0) is 56.4 Å². The molecule has 2 aliphatic heterocycles. The number of aryl methyl sites for hydroxylation is 1. The summed E-state index contributed by atoms with van der Waals surface area (Å²) >= 11 is 1.21. The van der Waals surface area contributed by atoms with Gasteiger partial charge in [-0.1, -0.05) is 11.6 Å². The standard InChI is InChI=1S/C28H24F2N6S/c1-12-7-16-17(8-12)23-26(33-13(2)34-28(23)36-10-14-3-4-15(11-36)35-14)25(30)22(16)24-19(29)5-6-20-21(24)18(9-31)27(32)37-20/h5-6,8,14-15,35H,3-4,7,10-11,32H2,1-2H3. The highest BCUT2D eigenvalue weighted by Crippen LogP contribution is 2.48. The summed E-state index contributed by atoms with van der Waals surface area (Å²) < 4.78 is 33.1. The Bertz CT molecular complexity index is 1720. The number of allylic oxidation sites excluding steroid dienone is 1.